The molecule has 6 nitrogen and oxygen atoms in total. The van der Waals surface area contributed by atoms with Crippen LogP contribution in [0.3, 0.4) is 0 Å². The predicted octanol–water partition coefficient (Wildman–Crippen LogP) is 9.51. The highest BCUT2D eigenvalue weighted by Crippen LogP contribution is 2.60. The molecule has 6 heteroatoms. The Morgan fingerprint density at radius 1 is 0.909 bits per heavy atom. The molecule has 0 bridgehead atoms. The maximum atomic E-state index is 10.7. The summed E-state index contributed by atoms with van der Waals surface area (Å²) >= 11 is 0. The van der Waals surface area contributed by atoms with Crippen molar-refractivity contribution in [1.29, 1.82) is 10.5 Å². The molecule has 10 atom stereocenters. The van der Waals surface area contributed by atoms with Gasteiger partial charge in [0, 0.05) is 65.3 Å². The van der Waals surface area contributed by atoms with Gasteiger partial charge in [0.25, 0.3) is 0 Å². The normalized spacial score (nSPS) is 38.1. The molecular formula is C49H54N6. The van der Waals surface area contributed by atoms with E-state index in [1.54, 1.807) is 11.1 Å². The van der Waals surface area contributed by atoms with Crippen molar-refractivity contribution < 1.29 is 0 Å². The highest BCUT2D eigenvalue weighted by Gasteiger charge is 2.59. The fraction of sp³-hybridized carbons (Fsp3) is 0.490. The molecule has 1 N–H and O–H groups in total. The average molecular weight is 727 g/mol. The average Bonchev–Trinajstić information content (AvgIpc) is 3.86. The van der Waals surface area contributed by atoms with Gasteiger partial charge in [-0.15, -0.1) is 0 Å². The number of dihydropyridines is 1. The van der Waals surface area contributed by atoms with Crippen molar-refractivity contribution in [3.05, 3.63) is 129 Å². The Labute approximate surface area is 327 Å². The molecule has 0 spiro atoms. The minimum absolute atomic E-state index is 0.0124. The number of hydrogen-bond acceptors (Lipinski definition) is 6. The summed E-state index contributed by atoms with van der Waals surface area (Å²) in [5.41, 5.74) is 13.9. The molecule has 6 aliphatic carbocycles. The molecule has 0 aromatic rings. The summed E-state index contributed by atoms with van der Waals surface area (Å²) in [5, 5.41) is 24.4. The Kier molecular flexibility index (Phi) is 8.38. The number of nitrogens with one attached hydrogen (secondary N) is 1. The van der Waals surface area contributed by atoms with E-state index in [9.17, 15) is 10.5 Å². The number of fused-ring (bicyclic) bond motifs is 4. The van der Waals surface area contributed by atoms with Crippen LogP contribution in [-0.2, 0) is 0 Å². The van der Waals surface area contributed by atoms with Gasteiger partial charge in [-0.05, 0) is 109 Å². The first-order chi connectivity index (χ1) is 26.8. The number of aliphatic imine (C=N–C) groups is 1. The van der Waals surface area contributed by atoms with E-state index in [0.717, 1.165) is 38.0 Å². The monoisotopic (exact) mass is 726 g/mol. The van der Waals surface area contributed by atoms with Gasteiger partial charge in [0.2, 0.25) is 0 Å². The lowest BCUT2D eigenvalue weighted by Crippen LogP contribution is -2.43. The van der Waals surface area contributed by atoms with Crippen molar-refractivity contribution in [3.63, 3.8) is 0 Å². The molecule has 0 aromatic heterocycles. The Balaban J connectivity index is 1.01. The van der Waals surface area contributed by atoms with Crippen LogP contribution in [0, 0.1) is 75.4 Å². The summed E-state index contributed by atoms with van der Waals surface area (Å²) in [4.78, 5) is 10.2. The smallest absolute Gasteiger partial charge is 0.135 e. The Bertz CT molecular complexity index is 2170. The van der Waals surface area contributed by atoms with Crippen molar-refractivity contribution in [2.75, 3.05) is 13.1 Å². The topological polar surface area (TPSA) is 78.5 Å². The molecule has 280 valence electrons. The van der Waals surface area contributed by atoms with Crippen LogP contribution in [0.4, 0.5) is 0 Å². The summed E-state index contributed by atoms with van der Waals surface area (Å²) in [6.07, 6.45) is 37.7. The van der Waals surface area contributed by atoms with Crippen LogP contribution in [-0.4, -0.2) is 41.3 Å². The highest BCUT2D eigenvalue weighted by atomic mass is 15.3. The lowest BCUT2D eigenvalue weighted by molar-refractivity contribution is 0.287. The van der Waals surface area contributed by atoms with Gasteiger partial charge in [-0.1, -0.05) is 88.0 Å². The van der Waals surface area contributed by atoms with Crippen LogP contribution >= 0.6 is 0 Å². The van der Waals surface area contributed by atoms with E-state index in [0.29, 0.717) is 36.1 Å². The number of rotatable bonds is 4. The standard InChI is InChI=1S/C49H54N6/c1-29-15-19-42-40(22-29)49(3,4)41-24-32(17-20-43(41)54(42)34-11-6-5-7-12-34)35-18-16-31(23-30(35)2)36-13-8-10-33(25-50)47(36)55-44-28-52-27-39-38(26-51)45(39)46(44)37-14-9-21-53-48(37)55/h6,8-9,11,13-21,29-30,32-34,37-39,45,48,52H,5,7,10,12,22-24,27-28H2,1-4H3/t29?,30?,32?,33?,34?,37?,38-,39?,45?,48?/m1/s1. The predicted molar refractivity (Wildman–Crippen MR) is 219 cm³/mol. The first-order valence-corrected chi connectivity index (χ1v) is 21.1. The highest BCUT2D eigenvalue weighted by molar-refractivity contribution is 5.73. The van der Waals surface area contributed by atoms with Crippen LogP contribution in [0.5, 0.6) is 0 Å². The molecule has 10 rings (SSSR count). The van der Waals surface area contributed by atoms with Gasteiger partial charge in [0.15, 0.2) is 0 Å². The second-order valence-corrected chi connectivity index (χ2v) is 18.3. The third-order valence-electron chi connectivity index (χ3n) is 14.8. The van der Waals surface area contributed by atoms with Crippen LogP contribution in [0.15, 0.2) is 134 Å². The lowest BCUT2D eigenvalue weighted by Gasteiger charge is -2.50. The number of nitrogens with zero attached hydrogens (tertiary/aromatic N) is 5. The van der Waals surface area contributed by atoms with E-state index >= 15 is 0 Å². The molecule has 4 aliphatic heterocycles. The van der Waals surface area contributed by atoms with Gasteiger partial charge in [-0.2, -0.15) is 10.5 Å². The molecule has 0 amide bonds. The van der Waals surface area contributed by atoms with Crippen molar-refractivity contribution in [3.8, 4) is 12.1 Å². The van der Waals surface area contributed by atoms with Gasteiger partial charge in [0.05, 0.1) is 30.0 Å². The minimum Gasteiger partial charge on any atom is -0.335 e. The zero-order chi connectivity index (χ0) is 37.6. The lowest BCUT2D eigenvalue weighted by atomic mass is 9.64. The zero-order valence-electron chi connectivity index (χ0n) is 32.9. The summed E-state index contributed by atoms with van der Waals surface area (Å²) in [6.45, 7) is 11.4. The maximum Gasteiger partial charge on any atom is 0.135 e. The van der Waals surface area contributed by atoms with E-state index in [4.69, 9.17) is 4.99 Å². The third kappa shape index (κ3) is 5.38. The number of allylic oxidation sites excluding steroid dienone is 16. The Morgan fingerprint density at radius 3 is 2.53 bits per heavy atom. The van der Waals surface area contributed by atoms with Crippen molar-refractivity contribution in [1.82, 2.24) is 15.1 Å². The number of hydrogen-bond donors (Lipinski definition) is 1. The van der Waals surface area contributed by atoms with E-state index in [1.165, 1.54) is 58.6 Å². The van der Waals surface area contributed by atoms with Gasteiger partial charge < -0.3 is 15.1 Å². The van der Waals surface area contributed by atoms with Crippen LogP contribution in [0.25, 0.3) is 0 Å². The fourth-order valence-electron chi connectivity index (χ4n) is 12.0. The number of nitriles is 2. The zero-order valence-corrected chi connectivity index (χ0v) is 32.9. The summed E-state index contributed by atoms with van der Waals surface area (Å²) in [6, 6.07) is 5.75. The maximum absolute atomic E-state index is 10.7. The third-order valence-corrected chi connectivity index (χ3v) is 14.8. The molecular weight excluding hydrogens is 673 g/mol. The first kappa shape index (κ1) is 34.8. The fourth-order valence-corrected chi connectivity index (χ4v) is 12.0. The molecule has 1 saturated carbocycles. The van der Waals surface area contributed by atoms with Gasteiger partial charge in [0.1, 0.15) is 6.17 Å². The van der Waals surface area contributed by atoms with Crippen LogP contribution < -0.4 is 5.32 Å². The SMILES string of the molecule is CC1C=CC2=C(C1)C(C)(C)C1=C(C=CC(C3=CC=C(C4=C(N5C6=C(C7C=CC=NC75)C5C(CNC6)[C@H]5C#N)C(C#N)CC=C4)CC3C)C1)N2C1C=CCCC1. The van der Waals surface area contributed by atoms with Crippen molar-refractivity contribution >= 4 is 6.21 Å². The van der Waals surface area contributed by atoms with Gasteiger partial charge in [-0.3, -0.25) is 4.99 Å². The second kappa shape index (κ2) is 13.2. The van der Waals surface area contributed by atoms with Crippen molar-refractivity contribution in [2.45, 2.75) is 84.8 Å². The van der Waals surface area contributed by atoms with Crippen molar-refractivity contribution in [2.24, 2.45) is 57.8 Å². The molecule has 9 unspecified atom stereocenters. The Morgan fingerprint density at radius 2 is 1.75 bits per heavy atom. The van der Waals surface area contributed by atoms with E-state index in [1.807, 2.05) is 6.21 Å². The molecule has 1 fully saturated rings. The quantitative estimate of drug-likeness (QED) is 0.292. The second-order valence-electron chi connectivity index (χ2n) is 18.3. The summed E-state index contributed by atoms with van der Waals surface area (Å²) in [7, 11) is 0. The van der Waals surface area contributed by atoms with Crippen LogP contribution in [0.1, 0.15) is 72.6 Å². The van der Waals surface area contributed by atoms with E-state index < -0.39 is 0 Å². The van der Waals surface area contributed by atoms with Crippen LogP contribution in [0.2, 0.25) is 0 Å². The Hall–Kier alpha value is -4.65. The summed E-state index contributed by atoms with van der Waals surface area (Å²) < 4.78 is 0. The van der Waals surface area contributed by atoms with E-state index in [-0.39, 0.29) is 35.3 Å². The molecule has 55 heavy (non-hydrogen) atoms. The molecule has 4 heterocycles. The molecule has 0 aromatic carbocycles. The molecule has 10 aliphatic rings. The summed E-state index contributed by atoms with van der Waals surface area (Å²) in [5.74, 6) is 1.88. The van der Waals surface area contributed by atoms with Gasteiger partial charge in [-0.25, -0.2) is 0 Å². The molecule has 0 radical (unpaired) electrons. The van der Waals surface area contributed by atoms with Gasteiger partial charge >= 0.3 is 0 Å². The minimum atomic E-state index is -0.251. The first-order valence-electron chi connectivity index (χ1n) is 21.1. The van der Waals surface area contributed by atoms with E-state index in [2.05, 4.69) is 128 Å². The largest absolute Gasteiger partial charge is 0.335 e. The molecule has 0 saturated heterocycles.